The second-order valence-electron chi connectivity index (χ2n) is 6.65. The largest absolute Gasteiger partial charge is 0.467 e. The van der Waals surface area contributed by atoms with Crippen molar-refractivity contribution in [2.24, 2.45) is 0 Å². The maximum atomic E-state index is 13.2. The van der Waals surface area contributed by atoms with Crippen LogP contribution in [0.15, 0.2) is 54.6 Å². The molecule has 1 N–H and O–H groups in total. The van der Waals surface area contributed by atoms with E-state index in [1.54, 1.807) is 44.2 Å². The third-order valence-electron chi connectivity index (χ3n) is 4.22. The van der Waals surface area contributed by atoms with Crippen molar-refractivity contribution in [1.82, 2.24) is 10.3 Å². The SMILES string of the molecule is COC(=O)C(C)(C)NC(=O)c1cc(-c2ccc(F)cc2)nc2ccccc12. The number of carbonyl (C=O) groups is 2. The number of fused-ring (bicyclic) bond motifs is 1. The van der Waals surface area contributed by atoms with Gasteiger partial charge in [-0.1, -0.05) is 18.2 Å². The lowest BCUT2D eigenvalue weighted by atomic mass is 10.0. The van der Waals surface area contributed by atoms with Crippen molar-refractivity contribution in [2.45, 2.75) is 19.4 Å². The quantitative estimate of drug-likeness (QED) is 0.715. The molecule has 138 valence electrons. The second kappa shape index (κ2) is 7.15. The van der Waals surface area contributed by atoms with E-state index in [2.05, 4.69) is 10.3 Å². The summed E-state index contributed by atoms with van der Waals surface area (Å²) in [5, 5.41) is 3.36. The van der Waals surface area contributed by atoms with Crippen LogP contribution in [0.4, 0.5) is 4.39 Å². The lowest BCUT2D eigenvalue weighted by Crippen LogP contribution is -2.50. The zero-order valence-corrected chi connectivity index (χ0v) is 15.2. The minimum Gasteiger partial charge on any atom is -0.467 e. The summed E-state index contributed by atoms with van der Waals surface area (Å²) in [7, 11) is 1.27. The van der Waals surface area contributed by atoms with Gasteiger partial charge in [0.1, 0.15) is 11.4 Å². The van der Waals surface area contributed by atoms with Crippen molar-refractivity contribution in [3.8, 4) is 11.3 Å². The first-order valence-corrected chi connectivity index (χ1v) is 8.38. The highest BCUT2D eigenvalue weighted by Crippen LogP contribution is 2.25. The minimum absolute atomic E-state index is 0.350. The summed E-state index contributed by atoms with van der Waals surface area (Å²) in [6.45, 7) is 3.14. The number of ether oxygens (including phenoxy) is 1. The average Bonchev–Trinajstić information content (AvgIpc) is 2.66. The molecule has 0 saturated carbocycles. The summed E-state index contributed by atoms with van der Waals surface area (Å²) < 4.78 is 18.0. The number of carbonyl (C=O) groups excluding carboxylic acids is 2. The number of nitrogens with one attached hydrogen (secondary N) is 1. The van der Waals surface area contributed by atoms with E-state index in [0.717, 1.165) is 0 Å². The number of hydrogen-bond acceptors (Lipinski definition) is 4. The molecular formula is C21H19FN2O3. The highest BCUT2D eigenvalue weighted by atomic mass is 19.1. The fourth-order valence-corrected chi connectivity index (χ4v) is 2.79. The number of pyridine rings is 1. The van der Waals surface area contributed by atoms with Crippen LogP contribution in [0.25, 0.3) is 22.2 Å². The normalized spacial score (nSPS) is 11.3. The Kier molecular flexibility index (Phi) is 4.90. The maximum absolute atomic E-state index is 13.2. The van der Waals surface area contributed by atoms with Gasteiger partial charge in [0.25, 0.3) is 5.91 Å². The molecule has 3 rings (SSSR count). The number of hydrogen-bond donors (Lipinski definition) is 1. The highest BCUT2D eigenvalue weighted by Gasteiger charge is 2.31. The van der Waals surface area contributed by atoms with Gasteiger partial charge < -0.3 is 10.1 Å². The van der Waals surface area contributed by atoms with Crippen molar-refractivity contribution in [2.75, 3.05) is 7.11 Å². The highest BCUT2D eigenvalue weighted by molar-refractivity contribution is 6.08. The van der Waals surface area contributed by atoms with Crippen molar-refractivity contribution in [3.05, 3.63) is 66.0 Å². The van der Waals surface area contributed by atoms with Gasteiger partial charge in [0, 0.05) is 10.9 Å². The molecular weight excluding hydrogens is 347 g/mol. The van der Waals surface area contributed by atoms with Crippen LogP contribution < -0.4 is 5.32 Å². The molecule has 0 aliphatic rings. The molecule has 2 aromatic carbocycles. The molecule has 6 heteroatoms. The van der Waals surface area contributed by atoms with Crippen LogP contribution >= 0.6 is 0 Å². The van der Waals surface area contributed by atoms with Gasteiger partial charge >= 0.3 is 5.97 Å². The number of benzene rings is 2. The Labute approximate surface area is 156 Å². The topological polar surface area (TPSA) is 68.3 Å². The molecule has 0 unspecified atom stereocenters. The van der Waals surface area contributed by atoms with Crippen LogP contribution in [0.5, 0.6) is 0 Å². The Morgan fingerprint density at radius 1 is 1.07 bits per heavy atom. The summed E-state index contributed by atoms with van der Waals surface area (Å²) in [6, 6.07) is 14.7. The van der Waals surface area contributed by atoms with E-state index >= 15 is 0 Å². The summed E-state index contributed by atoms with van der Waals surface area (Å²) in [6.07, 6.45) is 0. The number of para-hydroxylation sites is 1. The number of nitrogens with zero attached hydrogens (tertiary/aromatic N) is 1. The summed E-state index contributed by atoms with van der Waals surface area (Å²) in [5.41, 5.74) is 1.03. The van der Waals surface area contributed by atoms with Crippen molar-refractivity contribution < 1.29 is 18.7 Å². The molecule has 0 fully saturated rings. The van der Waals surface area contributed by atoms with Crippen molar-refractivity contribution in [3.63, 3.8) is 0 Å². The molecule has 27 heavy (non-hydrogen) atoms. The van der Waals surface area contributed by atoms with E-state index in [1.807, 2.05) is 12.1 Å². The van der Waals surface area contributed by atoms with E-state index in [0.29, 0.717) is 27.7 Å². The van der Waals surface area contributed by atoms with Gasteiger partial charge in [-0.15, -0.1) is 0 Å². The van der Waals surface area contributed by atoms with Gasteiger partial charge in [0.2, 0.25) is 0 Å². The van der Waals surface area contributed by atoms with Gasteiger partial charge in [-0.3, -0.25) is 4.79 Å². The molecule has 1 amide bonds. The monoisotopic (exact) mass is 366 g/mol. The van der Waals surface area contributed by atoms with E-state index in [4.69, 9.17) is 4.74 Å². The number of amides is 1. The molecule has 0 aliphatic heterocycles. The number of halogens is 1. The van der Waals surface area contributed by atoms with Crippen LogP contribution in [-0.4, -0.2) is 29.5 Å². The third kappa shape index (κ3) is 3.79. The van der Waals surface area contributed by atoms with E-state index < -0.39 is 17.4 Å². The Morgan fingerprint density at radius 3 is 2.41 bits per heavy atom. The summed E-state index contributed by atoms with van der Waals surface area (Å²) in [5.74, 6) is -1.32. The molecule has 1 heterocycles. The molecule has 0 atom stereocenters. The van der Waals surface area contributed by atoms with Gasteiger partial charge in [-0.05, 0) is 50.2 Å². The molecule has 0 aliphatic carbocycles. The Morgan fingerprint density at radius 2 is 1.74 bits per heavy atom. The minimum atomic E-state index is -1.19. The molecule has 1 aromatic heterocycles. The predicted octanol–water partition coefficient (Wildman–Crippen LogP) is 3.72. The lowest BCUT2D eigenvalue weighted by Gasteiger charge is -2.23. The molecule has 0 spiro atoms. The number of methoxy groups -OCH3 is 1. The van der Waals surface area contributed by atoms with Crippen LogP contribution in [0.2, 0.25) is 0 Å². The number of esters is 1. The Bertz CT molecular complexity index is 1010. The smallest absolute Gasteiger partial charge is 0.330 e. The Balaban J connectivity index is 2.09. The number of rotatable bonds is 4. The predicted molar refractivity (Wildman–Crippen MR) is 101 cm³/mol. The van der Waals surface area contributed by atoms with Gasteiger partial charge in [0.15, 0.2) is 0 Å². The fourth-order valence-electron chi connectivity index (χ4n) is 2.79. The first-order chi connectivity index (χ1) is 12.8. The fraction of sp³-hybridized carbons (Fsp3) is 0.190. The van der Waals surface area contributed by atoms with E-state index in [-0.39, 0.29) is 5.82 Å². The molecule has 0 bridgehead atoms. The van der Waals surface area contributed by atoms with Crippen molar-refractivity contribution >= 4 is 22.8 Å². The lowest BCUT2D eigenvalue weighted by molar-refractivity contribution is -0.146. The van der Waals surface area contributed by atoms with Crippen LogP contribution in [0.3, 0.4) is 0 Å². The maximum Gasteiger partial charge on any atom is 0.330 e. The van der Waals surface area contributed by atoms with Gasteiger partial charge in [-0.25, -0.2) is 14.2 Å². The van der Waals surface area contributed by atoms with Crippen LogP contribution in [-0.2, 0) is 9.53 Å². The van der Waals surface area contributed by atoms with E-state index in [1.165, 1.54) is 19.2 Å². The number of aromatic nitrogens is 1. The second-order valence-corrected chi connectivity index (χ2v) is 6.65. The molecule has 0 radical (unpaired) electrons. The molecule has 3 aromatic rings. The summed E-state index contributed by atoms with van der Waals surface area (Å²) in [4.78, 5) is 29.4. The van der Waals surface area contributed by atoms with Crippen LogP contribution in [0.1, 0.15) is 24.2 Å². The molecule has 0 saturated heterocycles. The van der Waals surface area contributed by atoms with Gasteiger partial charge in [0.05, 0.1) is 23.9 Å². The third-order valence-corrected chi connectivity index (χ3v) is 4.22. The van der Waals surface area contributed by atoms with Crippen molar-refractivity contribution in [1.29, 1.82) is 0 Å². The van der Waals surface area contributed by atoms with E-state index in [9.17, 15) is 14.0 Å². The summed E-state index contributed by atoms with van der Waals surface area (Å²) >= 11 is 0. The standard InChI is InChI=1S/C21H19FN2O3/c1-21(2,20(26)27-3)24-19(25)16-12-18(13-8-10-14(22)11-9-13)23-17-7-5-4-6-15(16)17/h4-12H,1-3H3,(H,24,25). The molecule has 5 nitrogen and oxygen atoms in total. The van der Waals surface area contributed by atoms with Crippen LogP contribution in [0, 0.1) is 5.82 Å². The first-order valence-electron chi connectivity index (χ1n) is 8.38. The zero-order valence-electron chi connectivity index (χ0n) is 15.2. The zero-order chi connectivity index (χ0) is 19.6. The Hall–Kier alpha value is -3.28. The van der Waals surface area contributed by atoms with Gasteiger partial charge in [-0.2, -0.15) is 0 Å². The first kappa shape index (κ1) is 18.5. The average molecular weight is 366 g/mol.